The Kier molecular flexibility index (Phi) is 6.20. The van der Waals surface area contributed by atoms with Crippen LogP contribution in [0.4, 0.5) is 0 Å². The van der Waals surface area contributed by atoms with Gasteiger partial charge in [-0.25, -0.2) is 0 Å². The second-order valence-electron chi connectivity index (χ2n) is 3.60. The number of allylic oxidation sites excluding steroid dienone is 1. The van der Waals surface area contributed by atoms with E-state index in [1.807, 2.05) is 19.3 Å². The second kappa shape index (κ2) is 7.54. The van der Waals surface area contributed by atoms with Crippen molar-refractivity contribution in [3.63, 3.8) is 0 Å². The molecule has 1 unspecified atom stereocenters. The van der Waals surface area contributed by atoms with E-state index < -0.39 is 0 Å². The summed E-state index contributed by atoms with van der Waals surface area (Å²) in [7, 11) is 1.98. The minimum absolute atomic E-state index is 0.368. The van der Waals surface area contributed by atoms with Crippen molar-refractivity contribution in [3.8, 4) is 0 Å². The first-order valence-corrected chi connectivity index (χ1v) is 6.17. The highest BCUT2D eigenvalue weighted by Gasteiger charge is 2.10. The zero-order valence-electron chi connectivity index (χ0n) is 9.28. The van der Waals surface area contributed by atoms with Gasteiger partial charge in [0, 0.05) is 0 Å². The Bertz CT molecular complexity index is 259. The molecule has 0 aliphatic rings. The Hall–Kier alpha value is -0.740. The molecule has 1 rings (SSSR count). The topological polar surface area (TPSA) is 37.8 Å². The summed E-state index contributed by atoms with van der Waals surface area (Å²) in [6, 6.07) is 0.368. The summed E-state index contributed by atoms with van der Waals surface area (Å²) < 4.78 is 8.28. The van der Waals surface area contributed by atoms with Gasteiger partial charge in [0.25, 0.3) is 0 Å². The highest BCUT2D eigenvalue weighted by molar-refractivity contribution is 6.99. The third-order valence-electron chi connectivity index (χ3n) is 2.48. The number of hydrogen-bond acceptors (Lipinski definition) is 4. The van der Waals surface area contributed by atoms with Crippen molar-refractivity contribution < 1.29 is 0 Å². The minimum Gasteiger partial charge on any atom is -0.312 e. The largest absolute Gasteiger partial charge is 0.312 e. The number of nitrogens with one attached hydrogen (secondary N) is 1. The normalized spacial score (nSPS) is 12.6. The molecule has 0 radical (unpaired) electrons. The molecule has 0 aliphatic heterocycles. The van der Waals surface area contributed by atoms with Crippen LogP contribution in [0.2, 0.25) is 0 Å². The second-order valence-corrected chi connectivity index (χ2v) is 4.16. The van der Waals surface area contributed by atoms with Crippen LogP contribution in [0.3, 0.4) is 0 Å². The maximum absolute atomic E-state index is 4.25. The Balaban J connectivity index is 2.20. The third kappa shape index (κ3) is 4.53. The van der Waals surface area contributed by atoms with E-state index in [4.69, 9.17) is 0 Å². The van der Waals surface area contributed by atoms with Gasteiger partial charge in [0.2, 0.25) is 0 Å². The Morgan fingerprint density at radius 3 is 3.00 bits per heavy atom. The van der Waals surface area contributed by atoms with Gasteiger partial charge in [-0.3, -0.25) is 0 Å². The third-order valence-corrected chi connectivity index (χ3v) is 2.98. The predicted octanol–water partition coefficient (Wildman–Crippen LogP) is 2.94. The van der Waals surface area contributed by atoms with Crippen molar-refractivity contribution in [2.45, 2.75) is 38.1 Å². The molecule has 0 aromatic carbocycles. The fourth-order valence-electron chi connectivity index (χ4n) is 1.58. The molecular weight excluding hydrogens is 206 g/mol. The fraction of sp³-hybridized carbons (Fsp3) is 0.636. The van der Waals surface area contributed by atoms with E-state index in [1.165, 1.54) is 31.0 Å². The molecule has 1 aromatic heterocycles. The molecular formula is C11H19N3S. The summed E-state index contributed by atoms with van der Waals surface area (Å²) in [6.07, 6.45) is 9.85. The monoisotopic (exact) mass is 225 g/mol. The van der Waals surface area contributed by atoms with Gasteiger partial charge < -0.3 is 5.32 Å². The summed E-state index contributed by atoms with van der Waals surface area (Å²) >= 11 is 1.28. The van der Waals surface area contributed by atoms with Gasteiger partial charge in [-0.1, -0.05) is 18.9 Å². The molecule has 0 spiro atoms. The van der Waals surface area contributed by atoms with Gasteiger partial charge >= 0.3 is 0 Å². The molecule has 0 bridgehead atoms. The lowest BCUT2D eigenvalue weighted by molar-refractivity contribution is 0.500. The van der Waals surface area contributed by atoms with Crippen molar-refractivity contribution in [1.29, 1.82) is 0 Å². The van der Waals surface area contributed by atoms with Crippen molar-refractivity contribution in [2.24, 2.45) is 0 Å². The van der Waals surface area contributed by atoms with Crippen molar-refractivity contribution >= 4 is 11.7 Å². The van der Waals surface area contributed by atoms with Gasteiger partial charge in [-0.2, -0.15) is 8.75 Å². The lowest BCUT2D eigenvalue weighted by Gasteiger charge is -2.12. The first kappa shape index (κ1) is 12.3. The average Bonchev–Trinajstić information content (AvgIpc) is 2.77. The van der Waals surface area contributed by atoms with Crippen molar-refractivity contribution in [3.05, 3.63) is 24.5 Å². The van der Waals surface area contributed by atoms with Crippen LogP contribution >= 0.6 is 11.7 Å². The maximum atomic E-state index is 4.25. The van der Waals surface area contributed by atoms with Crippen LogP contribution < -0.4 is 5.32 Å². The highest BCUT2D eigenvalue weighted by Crippen LogP contribution is 2.18. The quantitative estimate of drug-likeness (QED) is 0.546. The van der Waals surface area contributed by atoms with E-state index in [0.29, 0.717) is 6.04 Å². The average molecular weight is 225 g/mol. The SMILES string of the molecule is C=CCCCCCC(NC)c1cnsn1. The summed E-state index contributed by atoms with van der Waals surface area (Å²) in [4.78, 5) is 0. The van der Waals surface area contributed by atoms with E-state index in [1.54, 1.807) is 0 Å². The van der Waals surface area contributed by atoms with E-state index in [0.717, 1.165) is 18.5 Å². The number of aromatic nitrogens is 2. The first-order chi connectivity index (χ1) is 7.38. The smallest absolute Gasteiger partial charge is 0.0912 e. The molecule has 0 saturated heterocycles. The zero-order chi connectivity index (χ0) is 10.9. The Labute approximate surface area is 95.9 Å². The van der Waals surface area contributed by atoms with Gasteiger partial charge in [-0.05, 0) is 26.3 Å². The maximum Gasteiger partial charge on any atom is 0.0912 e. The number of unbranched alkanes of at least 4 members (excludes halogenated alkanes) is 3. The summed E-state index contributed by atoms with van der Waals surface area (Å²) in [6.45, 7) is 3.72. The molecule has 0 amide bonds. The van der Waals surface area contributed by atoms with Gasteiger partial charge in [0.15, 0.2) is 0 Å². The minimum atomic E-state index is 0.368. The summed E-state index contributed by atoms with van der Waals surface area (Å²) in [5.74, 6) is 0. The predicted molar refractivity (Wildman–Crippen MR) is 65.0 cm³/mol. The van der Waals surface area contributed by atoms with Crippen molar-refractivity contribution in [2.75, 3.05) is 7.05 Å². The van der Waals surface area contributed by atoms with Crippen LogP contribution in [-0.4, -0.2) is 15.8 Å². The zero-order valence-corrected chi connectivity index (χ0v) is 10.1. The molecule has 0 aliphatic carbocycles. The Morgan fingerprint density at radius 2 is 2.40 bits per heavy atom. The van der Waals surface area contributed by atoms with Crippen LogP contribution in [0.25, 0.3) is 0 Å². The number of nitrogens with zero attached hydrogens (tertiary/aromatic N) is 2. The lowest BCUT2D eigenvalue weighted by atomic mass is 10.1. The van der Waals surface area contributed by atoms with Crippen LogP contribution in [0.5, 0.6) is 0 Å². The molecule has 84 valence electrons. The molecule has 0 saturated carbocycles. The van der Waals surface area contributed by atoms with Gasteiger partial charge in [0.05, 0.1) is 29.7 Å². The first-order valence-electron chi connectivity index (χ1n) is 5.44. The summed E-state index contributed by atoms with van der Waals surface area (Å²) in [5.41, 5.74) is 1.08. The molecule has 1 atom stereocenters. The number of rotatable bonds is 8. The molecule has 1 aromatic rings. The van der Waals surface area contributed by atoms with Crippen LogP contribution in [0.1, 0.15) is 43.8 Å². The molecule has 15 heavy (non-hydrogen) atoms. The highest BCUT2D eigenvalue weighted by atomic mass is 32.1. The Morgan fingerprint density at radius 1 is 1.53 bits per heavy atom. The number of hydrogen-bond donors (Lipinski definition) is 1. The molecule has 1 N–H and O–H groups in total. The fourth-order valence-corrected chi connectivity index (χ4v) is 2.05. The molecule has 1 heterocycles. The van der Waals surface area contributed by atoms with E-state index in [2.05, 4.69) is 20.6 Å². The summed E-state index contributed by atoms with van der Waals surface area (Å²) in [5, 5.41) is 3.28. The van der Waals surface area contributed by atoms with Crippen LogP contribution in [0, 0.1) is 0 Å². The van der Waals surface area contributed by atoms with E-state index in [9.17, 15) is 0 Å². The van der Waals surface area contributed by atoms with E-state index >= 15 is 0 Å². The lowest BCUT2D eigenvalue weighted by Crippen LogP contribution is -2.16. The van der Waals surface area contributed by atoms with Crippen molar-refractivity contribution in [1.82, 2.24) is 14.1 Å². The van der Waals surface area contributed by atoms with Crippen LogP contribution in [0.15, 0.2) is 18.9 Å². The van der Waals surface area contributed by atoms with Crippen LogP contribution in [-0.2, 0) is 0 Å². The molecule has 0 fully saturated rings. The molecule has 4 heteroatoms. The van der Waals surface area contributed by atoms with E-state index in [-0.39, 0.29) is 0 Å². The standard InChI is InChI=1S/C11H19N3S/c1-3-4-5-6-7-8-10(12-2)11-9-13-15-14-11/h3,9-10,12H,1,4-8H2,2H3. The van der Waals surface area contributed by atoms with Gasteiger partial charge in [-0.15, -0.1) is 6.58 Å². The molecule has 3 nitrogen and oxygen atoms in total. The van der Waals surface area contributed by atoms with Gasteiger partial charge in [0.1, 0.15) is 0 Å².